The SMILES string of the molecule is C[C@@H](NCc1ccc(Br)cc1F)c1cccc(Cl)c1. The van der Waals surface area contributed by atoms with Crippen molar-refractivity contribution >= 4 is 27.5 Å². The summed E-state index contributed by atoms with van der Waals surface area (Å²) in [5.74, 6) is -0.208. The molecule has 0 aliphatic carbocycles. The maximum atomic E-state index is 13.7. The van der Waals surface area contributed by atoms with Crippen molar-refractivity contribution in [3.8, 4) is 0 Å². The van der Waals surface area contributed by atoms with Gasteiger partial charge in [-0.2, -0.15) is 0 Å². The van der Waals surface area contributed by atoms with Crippen LogP contribution in [0.1, 0.15) is 24.1 Å². The number of hydrogen-bond donors (Lipinski definition) is 1. The first-order chi connectivity index (χ1) is 9.06. The van der Waals surface area contributed by atoms with Crippen molar-refractivity contribution in [1.29, 1.82) is 0 Å². The summed E-state index contributed by atoms with van der Waals surface area (Å²) in [6, 6.07) is 12.9. The number of nitrogens with one attached hydrogen (secondary N) is 1. The highest BCUT2D eigenvalue weighted by atomic mass is 79.9. The van der Waals surface area contributed by atoms with Gasteiger partial charge in [0.05, 0.1) is 0 Å². The third-order valence-electron chi connectivity index (χ3n) is 2.96. The number of halogens is 3. The van der Waals surface area contributed by atoms with Crippen molar-refractivity contribution < 1.29 is 4.39 Å². The predicted octanol–water partition coefficient (Wildman–Crippen LogP) is 5.09. The van der Waals surface area contributed by atoms with Gasteiger partial charge in [0.1, 0.15) is 5.82 Å². The Hall–Kier alpha value is -0.900. The number of benzene rings is 2. The van der Waals surface area contributed by atoms with Gasteiger partial charge in [0.2, 0.25) is 0 Å². The molecule has 2 rings (SSSR count). The van der Waals surface area contributed by atoms with Crippen LogP contribution in [0.3, 0.4) is 0 Å². The summed E-state index contributed by atoms with van der Waals surface area (Å²) >= 11 is 9.20. The standard InChI is InChI=1S/C15H14BrClFN/c1-10(11-3-2-4-14(17)7-11)19-9-12-5-6-13(16)8-15(12)18/h2-8,10,19H,9H2,1H3/t10-/m1/s1. The Bertz CT molecular complexity index is 574. The molecular weight excluding hydrogens is 329 g/mol. The van der Waals surface area contributed by atoms with Gasteiger partial charge >= 0.3 is 0 Å². The zero-order valence-corrected chi connectivity index (χ0v) is 12.8. The fourth-order valence-electron chi connectivity index (χ4n) is 1.82. The van der Waals surface area contributed by atoms with E-state index < -0.39 is 0 Å². The van der Waals surface area contributed by atoms with Crippen molar-refractivity contribution in [1.82, 2.24) is 5.32 Å². The Labute approximate surface area is 125 Å². The zero-order chi connectivity index (χ0) is 13.8. The van der Waals surface area contributed by atoms with E-state index >= 15 is 0 Å². The monoisotopic (exact) mass is 341 g/mol. The summed E-state index contributed by atoms with van der Waals surface area (Å²) < 4.78 is 14.4. The molecule has 0 aliphatic rings. The quantitative estimate of drug-likeness (QED) is 0.816. The molecule has 4 heteroatoms. The van der Waals surface area contributed by atoms with Crippen molar-refractivity contribution in [2.24, 2.45) is 0 Å². The predicted molar refractivity (Wildman–Crippen MR) is 80.8 cm³/mol. The second-order valence-corrected chi connectivity index (χ2v) is 5.75. The molecule has 1 nitrogen and oxygen atoms in total. The molecule has 2 aromatic carbocycles. The molecule has 0 aromatic heterocycles. The van der Waals surface area contributed by atoms with Gasteiger partial charge in [-0.3, -0.25) is 0 Å². The van der Waals surface area contributed by atoms with Crippen LogP contribution in [0.4, 0.5) is 4.39 Å². The molecule has 0 saturated heterocycles. The van der Waals surface area contributed by atoms with E-state index in [4.69, 9.17) is 11.6 Å². The van der Waals surface area contributed by atoms with E-state index in [1.165, 1.54) is 6.07 Å². The molecule has 19 heavy (non-hydrogen) atoms. The molecule has 1 N–H and O–H groups in total. The van der Waals surface area contributed by atoms with Crippen molar-refractivity contribution in [3.05, 3.63) is 68.9 Å². The van der Waals surface area contributed by atoms with Crippen molar-refractivity contribution in [2.75, 3.05) is 0 Å². The van der Waals surface area contributed by atoms with E-state index in [1.807, 2.05) is 37.3 Å². The Kier molecular flexibility index (Phi) is 4.97. The van der Waals surface area contributed by atoms with Crippen LogP contribution in [0.2, 0.25) is 5.02 Å². The topological polar surface area (TPSA) is 12.0 Å². The minimum atomic E-state index is -0.208. The molecule has 100 valence electrons. The fourth-order valence-corrected chi connectivity index (χ4v) is 2.35. The summed E-state index contributed by atoms with van der Waals surface area (Å²) in [4.78, 5) is 0. The van der Waals surface area contributed by atoms with Crippen LogP contribution in [0.15, 0.2) is 46.9 Å². The van der Waals surface area contributed by atoms with E-state index in [9.17, 15) is 4.39 Å². The highest BCUT2D eigenvalue weighted by Crippen LogP contribution is 2.19. The summed E-state index contributed by atoms with van der Waals surface area (Å²) in [5, 5.41) is 4.00. The Morgan fingerprint density at radius 3 is 2.74 bits per heavy atom. The zero-order valence-electron chi connectivity index (χ0n) is 10.5. The third kappa shape index (κ3) is 4.03. The first-order valence-corrected chi connectivity index (χ1v) is 7.16. The van der Waals surface area contributed by atoms with Crippen LogP contribution >= 0.6 is 27.5 Å². The molecule has 0 unspecified atom stereocenters. The Morgan fingerprint density at radius 1 is 1.26 bits per heavy atom. The highest BCUT2D eigenvalue weighted by molar-refractivity contribution is 9.10. The molecule has 0 radical (unpaired) electrons. The molecule has 0 heterocycles. The Morgan fingerprint density at radius 2 is 2.05 bits per heavy atom. The van der Waals surface area contributed by atoms with Crippen LogP contribution in [0.5, 0.6) is 0 Å². The van der Waals surface area contributed by atoms with Gasteiger partial charge < -0.3 is 5.32 Å². The summed E-state index contributed by atoms with van der Waals surface area (Å²) in [6.07, 6.45) is 0. The molecule has 2 aromatic rings. The summed E-state index contributed by atoms with van der Waals surface area (Å²) in [7, 11) is 0. The normalized spacial score (nSPS) is 12.4. The van der Waals surface area contributed by atoms with E-state index in [0.717, 1.165) is 10.0 Å². The fraction of sp³-hybridized carbons (Fsp3) is 0.200. The smallest absolute Gasteiger partial charge is 0.128 e. The van der Waals surface area contributed by atoms with Crippen LogP contribution in [-0.4, -0.2) is 0 Å². The van der Waals surface area contributed by atoms with Gasteiger partial charge in [0.25, 0.3) is 0 Å². The van der Waals surface area contributed by atoms with Crippen molar-refractivity contribution in [2.45, 2.75) is 19.5 Å². The molecule has 1 atom stereocenters. The highest BCUT2D eigenvalue weighted by Gasteiger charge is 2.07. The molecule has 0 saturated carbocycles. The van der Waals surface area contributed by atoms with Crippen LogP contribution in [-0.2, 0) is 6.54 Å². The molecule has 0 spiro atoms. The van der Waals surface area contributed by atoms with Crippen LogP contribution in [0.25, 0.3) is 0 Å². The average molecular weight is 343 g/mol. The lowest BCUT2D eigenvalue weighted by Crippen LogP contribution is -2.18. The van der Waals surface area contributed by atoms with Gasteiger partial charge in [-0.25, -0.2) is 4.39 Å². The van der Waals surface area contributed by atoms with Gasteiger partial charge in [-0.05, 0) is 36.8 Å². The number of hydrogen-bond acceptors (Lipinski definition) is 1. The van der Waals surface area contributed by atoms with Gasteiger partial charge in [0.15, 0.2) is 0 Å². The molecule has 0 aliphatic heterocycles. The lowest BCUT2D eigenvalue weighted by Gasteiger charge is -2.15. The molecule has 0 bridgehead atoms. The molecule has 0 amide bonds. The maximum absolute atomic E-state index is 13.7. The first-order valence-electron chi connectivity index (χ1n) is 5.99. The lowest BCUT2D eigenvalue weighted by atomic mass is 10.1. The lowest BCUT2D eigenvalue weighted by molar-refractivity contribution is 0.544. The van der Waals surface area contributed by atoms with E-state index in [-0.39, 0.29) is 11.9 Å². The average Bonchev–Trinajstić information content (AvgIpc) is 2.37. The van der Waals surface area contributed by atoms with Gasteiger partial charge in [0, 0.05) is 27.6 Å². The number of rotatable bonds is 4. The van der Waals surface area contributed by atoms with Gasteiger partial charge in [-0.1, -0.05) is 45.7 Å². The largest absolute Gasteiger partial charge is 0.306 e. The van der Waals surface area contributed by atoms with Crippen LogP contribution < -0.4 is 5.32 Å². The molecular formula is C15H14BrClFN. The van der Waals surface area contributed by atoms with Crippen LogP contribution in [0, 0.1) is 5.82 Å². The second kappa shape index (κ2) is 6.51. The summed E-state index contributed by atoms with van der Waals surface area (Å²) in [5.41, 5.74) is 1.74. The second-order valence-electron chi connectivity index (χ2n) is 4.39. The molecule has 0 fully saturated rings. The first kappa shape index (κ1) is 14.5. The Balaban J connectivity index is 2.02. The third-order valence-corrected chi connectivity index (χ3v) is 3.69. The van der Waals surface area contributed by atoms with E-state index in [0.29, 0.717) is 17.1 Å². The van der Waals surface area contributed by atoms with E-state index in [2.05, 4.69) is 21.2 Å². The van der Waals surface area contributed by atoms with E-state index in [1.54, 1.807) is 6.07 Å². The van der Waals surface area contributed by atoms with Gasteiger partial charge in [-0.15, -0.1) is 0 Å². The van der Waals surface area contributed by atoms with Crippen molar-refractivity contribution in [3.63, 3.8) is 0 Å². The maximum Gasteiger partial charge on any atom is 0.128 e. The minimum absolute atomic E-state index is 0.113. The minimum Gasteiger partial charge on any atom is -0.306 e. The summed E-state index contributed by atoms with van der Waals surface area (Å²) in [6.45, 7) is 2.51.